The minimum absolute atomic E-state index is 0.0852. The van der Waals surface area contributed by atoms with Crippen LogP contribution in [-0.4, -0.2) is 30.4 Å². The Kier molecular flexibility index (Phi) is 8.33. The lowest BCUT2D eigenvalue weighted by molar-refractivity contribution is -0.121. The quantitative estimate of drug-likeness (QED) is 0.362. The molecular weight excluding hydrogens is 190 g/mol. The van der Waals surface area contributed by atoms with Crippen LogP contribution in [-0.2, 0) is 4.79 Å². The molecule has 4 heteroatoms. The Morgan fingerprint density at radius 3 is 2.33 bits per heavy atom. The maximum absolute atomic E-state index is 11.0. The topological polar surface area (TPSA) is 58.4 Å². The van der Waals surface area contributed by atoms with Crippen molar-refractivity contribution in [2.75, 3.05) is 19.6 Å². The molecule has 0 aromatic carbocycles. The highest BCUT2D eigenvalue weighted by Gasteiger charge is 2.10. The van der Waals surface area contributed by atoms with E-state index in [1.54, 1.807) is 0 Å². The summed E-state index contributed by atoms with van der Waals surface area (Å²) in [5.74, 6) is 5.69. The zero-order valence-corrected chi connectivity index (χ0v) is 10.3. The number of nitrogens with zero attached hydrogens (tertiary/aromatic N) is 1. The number of hydrogen-bond acceptors (Lipinski definition) is 3. The Hall–Kier alpha value is -0.610. The van der Waals surface area contributed by atoms with Crippen LogP contribution in [0.1, 0.15) is 40.0 Å². The van der Waals surface area contributed by atoms with E-state index in [0.29, 0.717) is 6.42 Å². The van der Waals surface area contributed by atoms with E-state index in [4.69, 9.17) is 5.84 Å². The predicted molar refractivity (Wildman–Crippen MR) is 63.1 cm³/mol. The standard InChI is InChI=1S/C11H25N3O/c1-4-10(5-2)9-14(6-3)8-7-11(15)13-12/h10H,4-9,12H2,1-3H3,(H,13,15). The summed E-state index contributed by atoms with van der Waals surface area (Å²) in [5, 5.41) is 0. The third-order valence-electron chi connectivity index (χ3n) is 2.93. The number of carbonyl (C=O) groups is 1. The Morgan fingerprint density at radius 2 is 1.93 bits per heavy atom. The second-order valence-electron chi connectivity index (χ2n) is 3.89. The van der Waals surface area contributed by atoms with Gasteiger partial charge in [0.1, 0.15) is 0 Å². The van der Waals surface area contributed by atoms with Crippen LogP contribution in [0.5, 0.6) is 0 Å². The molecule has 4 nitrogen and oxygen atoms in total. The molecule has 0 heterocycles. The van der Waals surface area contributed by atoms with Gasteiger partial charge in [-0.3, -0.25) is 10.2 Å². The maximum atomic E-state index is 11.0. The largest absolute Gasteiger partial charge is 0.303 e. The number of amides is 1. The molecule has 0 spiro atoms. The molecular formula is C11H25N3O. The van der Waals surface area contributed by atoms with Gasteiger partial charge in [0.15, 0.2) is 0 Å². The van der Waals surface area contributed by atoms with Gasteiger partial charge in [-0.05, 0) is 12.5 Å². The highest BCUT2D eigenvalue weighted by molar-refractivity contribution is 5.75. The molecule has 0 saturated heterocycles. The normalized spacial score (nSPS) is 11.1. The molecule has 0 saturated carbocycles. The van der Waals surface area contributed by atoms with Crippen LogP contribution in [0.15, 0.2) is 0 Å². The third kappa shape index (κ3) is 6.47. The van der Waals surface area contributed by atoms with Crippen LogP contribution in [0, 0.1) is 5.92 Å². The van der Waals surface area contributed by atoms with Crippen LogP contribution in [0.3, 0.4) is 0 Å². The molecule has 90 valence electrons. The molecule has 3 N–H and O–H groups in total. The lowest BCUT2D eigenvalue weighted by Gasteiger charge is -2.24. The summed E-state index contributed by atoms with van der Waals surface area (Å²) >= 11 is 0. The van der Waals surface area contributed by atoms with Crippen molar-refractivity contribution >= 4 is 5.91 Å². The molecule has 0 rings (SSSR count). The van der Waals surface area contributed by atoms with E-state index in [1.807, 2.05) is 0 Å². The second-order valence-corrected chi connectivity index (χ2v) is 3.89. The van der Waals surface area contributed by atoms with Crippen LogP contribution in [0.2, 0.25) is 0 Å². The van der Waals surface area contributed by atoms with Crippen molar-refractivity contribution < 1.29 is 4.79 Å². The van der Waals surface area contributed by atoms with Crippen molar-refractivity contribution in [3.05, 3.63) is 0 Å². The van der Waals surface area contributed by atoms with Gasteiger partial charge in [0.2, 0.25) is 5.91 Å². The van der Waals surface area contributed by atoms with E-state index in [1.165, 1.54) is 12.8 Å². The lowest BCUT2D eigenvalue weighted by Crippen LogP contribution is -2.36. The molecule has 0 aliphatic heterocycles. The molecule has 1 amide bonds. The SMILES string of the molecule is CCC(CC)CN(CC)CCC(=O)NN. The highest BCUT2D eigenvalue weighted by Crippen LogP contribution is 2.09. The smallest absolute Gasteiger partial charge is 0.235 e. The minimum Gasteiger partial charge on any atom is -0.303 e. The Bertz CT molecular complexity index is 169. The van der Waals surface area contributed by atoms with Crippen molar-refractivity contribution in [2.45, 2.75) is 40.0 Å². The zero-order chi connectivity index (χ0) is 11.7. The summed E-state index contributed by atoms with van der Waals surface area (Å²) in [4.78, 5) is 13.3. The van der Waals surface area contributed by atoms with Gasteiger partial charge < -0.3 is 4.90 Å². The van der Waals surface area contributed by atoms with Gasteiger partial charge >= 0.3 is 0 Å². The predicted octanol–water partition coefficient (Wildman–Crippen LogP) is 1.12. The van der Waals surface area contributed by atoms with E-state index >= 15 is 0 Å². The summed E-state index contributed by atoms with van der Waals surface area (Å²) in [6, 6.07) is 0. The van der Waals surface area contributed by atoms with E-state index in [9.17, 15) is 4.79 Å². The first-order valence-electron chi connectivity index (χ1n) is 5.89. The van der Waals surface area contributed by atoms with Crippen LogP contribution >= 0.6 is 0 Å². The van der Waals surface area contributed by atoms with E-state index in [2.05, 4.69) is 31.1 Å². The molecule has 0 unspecified atom stereocenters. The molecule has 0 aromatic heterocycles. The number of rotatable bonds is 8. The molecule has 0 atom stereocenters. The fourth-order valence-electron chi connectivity index (χ4n) is 1.62. The van der Waals surface area contributed by atoms with Crippen molar-refractivity contribution in [3.63, 3.8) is 0 Å². The van der Waals surface area contributed by atoms with E-state index < -0.39 is 0 Å². The van der Waals surface area contributed by atoms with Gasteiger partial charge in [-0.25, -0.2) is 5.84 Å². The van der Waals surface area contributed by atoms with Crippen molar-refractivity contribution in [2.24, 2.45) is 11.8 Å². The zero-order valence-electron chi connectivity index (χ0n) is 10.3. The first kappa shape index (κ1) is 14.4. The van der Waals surface area contributed by atoms with E-state index in [0.717, 1.165) is 25.6 Å². The summed E-state index contributed by atoms with van der Waals surface area (Å²) in [6.07, 6.45) is 2.90. The van der Waals surface area contributed by atoms with Crippen molar-refractivity contribution in [1.29, 1.82) is 0 Å². The van der Waals surface area contributed by atoms with Gasteiger partial charge in [0.25, 0.3) is 0 Å². The Morgan fingerprint density at radius 1 is 1.33 bits per heavy atom. The monoisotopic (exact) mass is 215 g/mol. The van der Waals surface area contributed by atoms with Gasteiger partial charge in [0, 0.05) is 19.5 Å². The highest BCUT2D eigenvalue weighted by atomic mass is 16.2. The minimum atomic E-state index is -0.0852. The van der Waals surface area contributed by atoms with Gasteiger partial charge in [-0.15, -0.1) is 0 Å². The molecule has 0 aromatic rings. The first-order valence-corrected chi connectivity index (χ1v) is 5.89. The van der Waals surface area contributed by atoms with Crippen LogP contribution < -0.4 is 11.3 Å². The summed E-state index contributed by atoms with van der Waals surface area (Å²) < 4.78 is 0. The maximum Gasteiger partial charge on any atom is 0.235 e. The Balaban J connectivity index is 3.86. The molecule has 0 bridgehead atoms. The van der Waals surface area contributed by atoms with Crippen LogP contribution in [0.4, 0.5) is 0 Å². The number of carbonyl (C=O) groups excluding carboxylic acids is 1. The second kappa shape index (κ2) is 8.68. The van der Waals surface area contributed by atoms with E-state index in [-0.39, 0.29) is 5.91 Å². The number of hydrogen-bond donors (Lipinski definition) is 2. The Labute approximate surface area is 93.2 Å². The fourth-order valence-corrected chi connectivity index (χ4v) is 1.62. The van der Waals surface area contributed by atoms with Crippen LogP contribution in [0.25, 0.3) is 0 Å². The molecule has 0 aliphatic carbocycles. The van der Waals surface area contributed by atoms with Gasteiger partial charge in [0.05, 0.1) is 0 Å². The first-order chi connectivity index (χ1) is 7.17. The molecule has 0 fully saturated rings. The number of hydrazine groups is 1. The fraction of sp³-hybridized carbons (Fsp3) is 0.909. The van der Waals surface area contributed by atoms with Crippen molar-refractivity contribution in [3.8, 4) is 0 Å². The summed E-state index contributed by atoms with van der Waals surface area (Å²) in [7, 11) is 0. The summed E-state index contributed by atoms with van der Waals surface area (Å²) in [5.41, 5.74) is 2.16. The average molecular weight is 215 g/mol. The average Bonchev–Trinajstić information content (AvgIpc) is 2.29. The van der Waals surface area contributed by atoms with Crippen molar-refractivity contribution in [1.82, 2.24) is 10.3 Å². The number of nitrogens with one attached hydrogen (secondary N) is 1. The number of nitrogens with two attached hydrogens (primary N) is 1. The molecule has 0 radical (unpaired) electrons. The third-order valence-corrected chi connectivity index (χ3v) is 2.93. The van der Waals surface area contributed by atoms with Gasteiger partial charge in [-0.1, -0.05) is 33.6 Å². The summed E-state index contributed by atoms with van der Waals surface area (Å²) in [6.45, 7) is 9.44. The molecule has 15 heavy (non-hydrogen) atoms. The lowest BCUT2D eigenvalue weighted by atomic mass is 10.0. The van der Waals surface area contributed by atoms with Gasteiger partial charge in [-0.2, -0.15) is 0 Å². The molecule has 0 aliphatic rings.